The largest absolute Gasteiger partial charge is 0.442 e. The van der Waals surface area contributed by atoms with Crippen molar-refractivity contribution in [3.63, 3.8) is 0 Å². The van der Waals surface area contributed by atoms with Crippen LogP contribution in [0.2, 0.25) is 0 Å². The van der Waals surface area contributed by atoms with Gasteiger partial charge in [-0.15, -0.1) is 0 Å². The number of rotatable bonds is 12. The molecule has 0 aliphatic rings. The molecule has 8 heteroatoms. The molecule has 0 aliphatic heterocycles. The molecule has 7 nitrogen and oxygen atoms in total. The molecule has 2 aromatic heterocycles. The number of primary amides is 1. The van der Waals surface area contributed by atoms with Gasteiger partial charge in [-0.3, -0.25) is 9.59 Å². The maximum absolute atomic E-state index is 13.1. The molecule has 158 valence electrons. The molecule has 0 spiro atoms. The van der Waals surface area contributed by atoms with Crippen molar-refractivity contribution in [2.24, 2.45) is 5.73 Å². The Labute approximate surface area is 173 Å². The number of nitrogens with two attached hydrogens (primary N) is 1. The molecule has 3 N–H and O–H groups in total. The fourth-order valence-corrected chi connectivity index (χ4v) is 3.38. The monoisotopic (exact) mass is 412 g/mol. The van der Waals surface area contributed by atoms with Crippen molar-refractivity contribution in [1.29, 1.82) is 0 Å². The Bertz CT molecular complexity index is 951. The third kappa shape index (κ3) is 6.10. The lowest BCUT2D eigenvalue weighted by Gasteiger charge is -2.14. The van der Waals surface area contributed by atoms with Crippen LogP contribution in [-0.2, 0) is 4.79 Å². The lowest BCUT2D eigenvalue weighted by atomic mass is 9.94. The number of hydrogen-bond acceptors (Lipinski definition) is 5. The van der Waals surface area contributed by atoms with Gasteiger partial charge in [-0.2, -0.15) is 0 Å². The number of oxazole rings is 1. The van der Waals surface area contributed by atoms with Crippen LogP contribution in [0.25, 0.3) is 11.3 Å². The minimum absolute atomic E-state index is 0.0501. The SMILES string of the molecule is NC(=O)CCC(CCCCCC(=O)c1ncco1)c1ncc(-c2ccc(F)cc2)[nH]1. The number of aromatic amines is 1. The van der Waals surface area contributed by atoms with Crippen LogP contribution >= 0.6 is 0 Å². The van der Waals surface area contributed by atoms with Crippen LogP contribution in [-0.4, -0.2) is 26.6 Å². The van der Waals surface area contributed by atoms with Gasteiger partial charge in [-0.05, 0) is 49.1 Å². The number of hydrogen-bond donors (Lipinski definition) is 2. The molecule has 0 aliphatic carbocycles. The summed E-state index contributed by atoms with van der Waals surface area (Å²) in [5, 5.41) is 0. The van der Waals surface area contributed by atoms with E-state index in [-0.39, 0.29) is 35.7 Å². The van der Waals surface area contributed by atoms with E-state index in [0.717, 1.165) is 42.8 Å². The van der Waals surface area contributed by atoms with Gasteiger partial charge in [-0.25, -0.2) is 14.4 Å². The normalized spacial score (nSPS) is 12.0. The number of carbonyl (C=O) groups is 2. The number of carbonyl (C=O) groups excluding carboxylic acids is 2. The molecule has 1 aromatic carbocycles. The van der Waals surface area contributed by atoms with Crippen LogP contribution in [0.1, 0.15) is 67.4 Å². The zero-order valence-corrected chi connectivity index (χ0v) is 16.6. The van der Waals surface area contributed by atoms with Crippen molar-refractivity contribution in [3.05, 3.63) is 60.5 Å². The van der Waals surface area contributed by atoms with E-state index < -0.39 is 0 Å². The highest BCUT2D eigenvalue weighted by Gasteiger charge is 2.17. The summed E-state index contributed by atoms with van der Waals surface area (Å²) in [6.45, 7) is 0. The third-order valence-corrected chi connectivity index (χ3v) is 5.00. The number of unbranched alkanes of at least 4 members (excludes halogenated alkanes) is 2. The van der Waals surface area contributed by atoms with Crippen LogP contribution in [0.5, 0.6) is 0 Å². The highest BCUT2D eigenvalue weighted by Crippen LogP contribution is 2.28. The Hall–Kier alpha value is -3.29. The van der Waals surface area contributed by atoms with E-state index in [0.29, 0.717) is 12.8 Å². The smallest absolute Gasteiger partial charge is 0.263 e. The van der Waals surface area contributed by atoms with Gasteiger partial charge in [0.25, 0.3) is 5.89 Å². The first kappa shape index (κ1) is 21.4. The molecule has 0 saturated carbocycles. The van der Waals surface area contributed by atoms with E-state index >= 15 is 0 Å². The predicted molar refractivity (Wildman–Crippen MR) is 109 cm³/mol. The van der Waals surface area contributed by atoms with E-state index in [9.17, 15) is 14.0 Å². The number of amides is 1. The Kier molecular flexibility index (Phi) is 7.48. The minimum atomic E-state index is -0.346. The van der Waals surface area contributed by atoms with Crippen LogP contribution in [0.3, 0.4) is 0 Å². The van der Waals surface area contributed by atoms with Crippen molar-refractivity contribution in [2.75, 3.05) is 0 Å². The summed E-state index contributed by atoms with van der Waals surface area (Å²) in [5.74, 6) is 0.250. The molecular formula is C22H25FN4O3. The molecule has 0 radical (unpaired) electrons. The second-order valence-corrected chi connectivity index (χ2v) is 7.25. The first-order valence-electron chi connectivity index (χ1n) is 10.0. The molecule has 1 atom stereocenters. The van der Waals surface area contributed by atoms with E-state index in [2.05, 4.69) is 15.0 Å². The molecule has 0 fully saturated rings. The number of nitrogens with zero attached hydrogens (tertiary/aromatic N) is 2. The van der Waals surface area contributed by atoms with Gasteiger partial charge < -0.3 is 15.1 Å². The van der Waals surface area contributed by atoms with E-state index in [4.69, 9.17) is 10.2 Å². The number of benzene rings is 1. The van der Waals surface area contributed by atoms with Gasteiger partial charge in [0, 0.05) is 18.8 Å². The Morgan fingerprint density at radius 1 is 1.07 bits per heavy atom. The lowest BCUT2D eigenvalue weighted by molar-refractivity contribution is -0.118. The van der Waals surface area contributed by atoms with Gasteiger partial charge in [0.1, 0.15) is 17.9 Å². The van der Waals surface area contributed by atoms with Crippen LogP contribution in [0.15, 0.2) is 47.3 Å². The number of H-pyrrole nitrogens is 1. The molecule has 3 aromatic rings. The Morgan fingerprint density at radius 2 is 1.87 bits per heavy atom. The molecule has 3 rings (SSSR count). The Balaban J connectivity index is 1.54. The summed E-state index contributed by atoms with van der Waals surface area (Å²) in [7, 11) is 0. The van der Waals surface area contributed by atoms with E-state index in [1.54, 1.807) is 18.3 Å². The van der Waals surface area contributed by atoms with Crippen molar-refractivity contribution < 1.29 is 18.4 Å². The number of imidazole rings is 1. The molecule has 0 saturated heterocycles. The topological polar surface area (TPSA) is 115 Å². The average molecular weight is 412 g/mol. The van der Waals surface area contributed by atoms with Gasteiger partial charge in [0.05, 0.1) is 18.1 Å². The summed E-state index contributed by atoms with van der Waals surface area (Å²) >= 11 is 0. The fourth-order valence-electron chi connectivity index (χ4n) is 3.38. The molecule has 2 heterocycles. The second kappa shape index (κ2) is 10.5. The van der Waals surface area contributed by atoms with E-state index in [1.807, 2.05) is 0 Å². The number of aromatic nitrogens is 3. The van der Waals surface area contributed by atoms with Gasteiger partial charge in [0.2, 0.25) is 11.7 Å². The van der Waals surface area contributed by atoms with Crippen molar-refractivity contribution in [2.45, 2.75) is 50.9 Å². The van der Waals surface area contributed by atoms with Gasteiger partial charge >= 0.3 is 0 Å². The summed E-state index contributed by atoms with van der Waals surface area (Å²) in [6.07, 6.45) is 9.14. The van der Waals surface area contributed by atoms with Gasteiger partial charge in [-0.1, -0.05) is 12.8 Å². The number of Topliss-reactive ketones (excluding diaryl/α,β-unsaturated/α-hetero) is 1. The van der Waals surface area contributed by atoms with Crippen molar-refractivity contribution >= 4 is 11.7 Å². The van der Waals surface area contributed by atoms with Crippen LogP contribution < -0.4 is 5.73 Å². The Morgan fingerprint density at radius 3 is 2.57 bits per heavy atom. The number of halogens is 1. The van der Waals surface area contributed by atoms with E-state index in [1.165, 1.54) is 24.6 Å². The fraction of sp³-hybridized carbons (Fsp3) is 0.364. The minimum Gasteiger partial charge on any atom is -0.442 e. The zero-order chi connectivity index (χ0) is 21.3. The second-order valence-electron chi connectivity index (χ2n) is 7.25. The lowest BCUT2D eigenvalue weighted by Crippen LogP contribution is -2.13. The van der Waals surface area contributed by atoms with Crippen LogP contribution in [0, 0.1) is 5.82 Å². The first-order chi connectivity index (χ1) is 14.5. The molecular weight excluding hydrogens is 387 g/mol. The quantitative estimate of drug-likeness (QED) is 0.338. The summed E-state index contributed by atoms with van der Waals surface area (Å²) in [6, 6.07) is 6.19. The third-order valence-electron chi connectivity index (χ3n) is 5.00. The molecule has 1 amide bonds. The first-order valence-corrected chi connectivity index (χ1v) is 10.0. The molecule has 1 unspecified atom stereocenters. The summed E-state index contributed by atoms with van der Waals surface area (Å²) in [5.41, 5.74) is 6.97. The van der Waals surface area contributed by atoms with Gasteiger partial charge in [0.15, 0.2) is 0 Å². The molecule has 0 bridgehead atoms. The maximum Gasteiger partial charge on any atom is 0.263 e. The molecule has 30 heavy (non-hydrogen) atoms. The highest BCUT2D eigenvalue weighted by atomic mass is 19.1. The van der Waals surface area contributed by atoms with Crippen molar-refractivity contribution in [3.8, 4) is 11.3 Å². The summed E-state index contributed by atoms with van der Waals surface area (Å²) in [4.78, 5) is 34.8. The predicted octanol–water partition coefficient (Wildman–Crippen LogP) is 4.39. The number of nitrogens with one attached hydrogen (secondary N) is 1. The number of ketones is 1. The average Bonchev–Trinajstić information content (AvgIpc) is 3.42. The van der Waals surface area contributed by atoms with Crippen molar-refractivity contribution in [1.82, 2.24) is 15.0 Å². The highest BCUT2D eigenvalue weighted by molar-refractivity contribution is 5.91. The standard InChI is InChI=1S/C22H25FN4O3/c23-17-9-6-15(7-10-17)18-14-26-21(27-18)16(8-11-20(24)29)4-2-1-3-5-19(28)22-25-12-13-30-22/h6-7,9-10,12-14,16H,1-5,8,11H2,(H2,24,29)(H,26,27). The van der Waals surface area contributed by atoms with Crippen LogP contribution in [0.4, 0.5) is 4.39 Å². The summed E-state index contributed by atoms with van der Waals surface area (Å²) < 4.78 is 18.2. The zero-order valence-electron chi connectivity index (χ0n) is 16.6. The maximum atomic E-state index is 13.1.